The Morgan fingerprint density at radius 2 is 1.75 bits per heavy atom. The Kier molecular flexibility index (Phi) is 7.37. The fraction of sp³-hybridized carbons (Fsp3) is 0.771. The van der Waals surface area contributed by atoms with Gasteiger partial charge < -0.3 is 15.5 Å². The molecule has 220 valence electrons. The van der Waals surface area contributed by atoms with Gasteiger partial charge in [0, 0.05) is 6.54 Å². The lowest BCUT2D eigenvalue weighted by molar-refractivity contribution is -0.188. The predicted molar refractivity (Wildman–Crippen MR) is 157 cm³/mol. The van der Waals surface area contributed by atoms with Crippen LogP contribution in [0.4, 0.5) is 0 Å². The Balaban J connectivity index is 1.20. The topological polar surface area (TPSA) is 86.6 Å². The Labute approximate surface area is 240 Å². The van der Waals surface area contributed by atoms with E-state index in [4.69, 9.17) is 0 Å². The zero-order valence-corrected chi connectivity index (χ0v) is 25.0. The highest BCUT2D eigenvalue weighted by molar-refractivity contribution is 5.87. The molecule has 5 heteroatoms. The summed E-state index contributed by atoms with van der Waals surface area (Å²) in [6, 6.07) is 7.09. The average molecular weight is 550 g/mol. The maximum Gasteiger partial charge on any atom is 0.335 e. The molecule has 5 nitrogen and oxygen atoms in total. The zero-order valence-electron chi connectivity index (χ0n) is 25.0. The van der Waals surface area contributed by atoms with Gasteiger partial charge in [0.1, 0.15) is 0 Å². The molecular formula is C35H51NO4. The fourth-order valence-electron chi connectivity index (χ4n) is 11.7. The maximum atomic E-state index is 14.1. The van der Waals surface area contributed by atoms with Crippen molar-refractivity contribution in [2.75, 3.05) is 6.54 Å². The SMILES string of the molecule is CCC1CCC2(C(=O)NCCc3cccc(C(=O)O)c3)CCC3C(CCC4C5(C)CCC(O)CC5CCC34C)C12. The number of amides is 1. The summed E-state index contributed by atoms with van der Waals surface area (Å²) in [7, 11) is 0. The minimum atomic E-state index is -0.909. The number of aliphatic hydroxyl groups excluding tert-OH is 1. The summed E-state index contributed by atoms with van der Waals surface area (Å²) in [4.78, 5) is 25.5. The molecule has 6 rings (SSSR count). The van der Waals surface area contributed by atoms with Crippen molar-refractivity contribution in [1.82, 2.24) is 5.32 Å². The first-order valence-electron chi connectivity index (χ1n) is 16.4. The average Bonchev–Trinajstić information content (AvgIpc) is 3.34. The smallest absolute Gasteiger partial charge is 0.335 e. The second-order valence-corrected chi connectivity index (χ2v) is 15.0. The number of benzene rings is 1. The lowest BCUT2D eigenvalue weighted by Crippen LogP contribution is -2.61. The number of aromatic carboxylic acids is 1. The van der Waals surface area contributed by atoms with Gasteiger partial charge in [-0.1, -0.05) is 39.3 Å². The standard InChI is InChI=1S/C35H51NO4/c1-4-23-10-17-35(32(40)36-19-14-22-6-5-7-24(20-22)31(38)39)18-13-28-27(30(23)35)8-9-29-33(2)16-12-26(37)21-25(33)11-15-34(28,29)3/h5-7,20,23,25-30,37H,4,8-19,21H2,1-3H3,(H,36,40)(H,38,39). The second kappa shape index (κ2) is 10.4. The molecule has 0 radical (unpaired) electrons. The minimum Gasteiger partial charge on any atom is -0.478 e. The minimum absolute atomic E-state index is 0.0995. The number of hydrogen-bond donors (Lipinski definition) is 3. The molecule has 1 aromatic carbocycles. The van der Waals surface area contributed by atoms with Gasteiger partial charge in [-0.25, -0.2) is 4.79 Å². The van der Waals surface area contributed by atoms with E-state index >= 15 is 0 Å². The summed E-state index contributed by atoms with van der Waals surface area (Å²) in [5.41, 5.74) is 1.75. The molecule has 0 saturated heterocycles. The lowest BCUT2D eigenvalue weighted by atomic mass is 9.38. The Morgan fingerprint density at radius 3 is 2.52 bits per heavy atom. The van der Waals surface area contributed by atoms with Crippen molar-refractivity contribution in [2.24, 2.45) is 51.8 Å². The summed E-state index contributed by atoms with van der Waals surface area (Å²) in [5, 5.41) is 23.1. The monoisotopic (exact) mass is 549 g/mol. The van der Waals surface area contributed by atoms with Crippen molar-refractivity contribution in [3.8, 4) is 0 Å². The summed E-state index contributed by atoms with van der Waals surface area (Å²) in [5.74, 6) is 3.27. The van der Waals surface area contributed by atoms with Crippen LogP contribution in [0, 0.1) is 51.8 Å². The van der Waals surface area contributed by atoms with Crippen LogP contribution in [-0.4, -0.2) is 34.7 Å². The highest BCUT2D eigenvalue weighted by Crippen LogP contribution is 2.72. The highest BCUT2D eigenvalue weighted by atomic mass is 16.4. The largest absolute Gasteiger partial charge is 0.478 e. The Bertz CT molecular complexity index is 1130. The highest BCUT2D eigenvalue weighted by Gasteiger charge is 2.66. The number of carbonyl (C=O) groups is 2. The molecule has 1 amide bonds. The van der Waals surface area contributed by atoms with Crippen LogP contribution in [0.5, 0.6) is 0 Å². The van der Waals surface area contributed by atoms with Gasteiger partial charge in [0.2, 0.25) is 5.91 Å². The molecule has 5 aliphatic rings. The molecule has 0 aromatic heterocycles. The van der Waals surface area contributed by atoms with Crippen molar-refractivity contribution in [1.29, 1.82) is 0 Å². The molecule has 5 fully saturated rings. The van der Waals surface area contributed by atoms with E-state index in [-0.39, 0.29) is 17.4 Å². The quantitative estimate of drug-likeness (QED) is 0.361. The van der Waals surface area contributed by atoms with Crippen LogP contribution in [0.3, 0.4) is 0 Å². The fourth-order valence-corrected chi connectivity index (χ4v) is 11.7. The third kappa shape index (κ3) is 4.36. The van der Waals surface area contributed by atoms with E-state index in [1.807, 2.05) is 6.07 Å². The Hall–Kier alpha value is -1.88. The number of fused-ring (bicyclic) bond motifs is 7. The van der Waals surface area contributed by atoms with E-state index < -0.39 is 5.97 Å². The van der Waals surface area contributed by atoms with Crippen molar-refractivity contribution in [3.63, 3.8) is 0 Å². The molecule has 0 spiro atoms. The molecule has 0 heterocycles. The summed E-state index contributed by atoms with van der Waals surface area (Å²) in [6.45, 7) is 8.11. The van der Waals surface area contributed by atoms with Gasteiger partial charge in [0.15, 0.2) is 0 Å². The van der Waals surface area contributed by atoms with Gasteiger partial charge in [0.05, 0.1) is 17.1 Å². The molecule has 0 bridgehead atoms. The first-order valence-corrected chi connectivity index (χ1v) is 16.4. The van der Waals surface area contributed by atoms with Crippen LogP contribution < -0.4 is 5.32 Å². The predicted octanol–water partition coefficient (Wildman–Crippen LogP) is 6.87. The van der Waals surface area contributed by atoms with Gasteiger partial charge in [-0.3, -0.25) is 4.79 Å². The Morgan fingerprint density at radius 1 is 0.975 bits per heavy atom. The van der Waals surface area contributed by atoms with Crippen LogP contribution in [0.2, 0.25) is 0 Å². The second-order valence-electron chi connectivity index (χ2n) is 15.0. The number of carboxylic acids is 1. The third-order valence-electron chi connectivity index (χ3n) is 13.6. The van der Waals surface area contributed by atoms with E-state index in [0.717, 1.165) is 37.2 Å². The van der Waals surface area contributed by atoms with Crippen molar-refractivity contribution in [3.05, 3.63) is 35.4 Å². The van der Waals surface area contributed by atoms with Crippen molar-refractivity contribution in [2.45, 2.75) is 110 Å². The molecule has 1 aromatic rings. The van der Waals surface area contributed by atoms with Crippen molar-refractivity contribution >= 4 is 11.9 Å². The van der Waals surface area contributed by atoms with Crippen LogP contribution in [0.15, 0.2) is 24.3 Å². The molecule has 0 aliphatic heterocycles. The van der Waals surface area contributed by atoms with E-state index in [9.17, 15) is 19.8 Å². The number of carboxylic acid groups (broad SMARTS) is 1. The molecule has 5 aliphatic carbocycles. The number of aliphatic hydroxyl groups is 1. The molecule has 40 heavy (non-hydrogen) atoms. The normalized spacial score (nSPS) is 44.0. The summed E-state index contributed by atoms with van der Waals surface area (Å²) in [6.07, 6.45) is 14.4. The van der Waals surface area contributed by atoms with E-state index in [1.54, 1.807) is 18.2 Å². The van der Waals surface area contributed by atoms with E-state index in [2.05, 4.69) is 26.1 Å². The lowest BCUT2D eigenvalue weighted by Gasteiger charge is -2.67. The first kappa shape index (κ1) is 28.2. The van der Waals surface area contributed by atoms with Crippen LogP contribution in [-0.2, 0) is 11.2 Å². The zero-order chi connectivity index (χ0) is 28.3. The van der Waals surface area contributed by atoms with Gasteiger partial charge in [-0.2, -0.15) is 0 Å². The van der Waals surface area contributed by atoms with Crippen LogP contribution in [0.1, 0.15) is 114 Å². The van der Waals surface area contributed by atoms with Crippen LogP contribution in [0.25, 0.3) is 0 Å². The summed E-state index contributed by atoms with van der Waals surface area (Å²) < 4.78 is 0. The number of hydrogen-bond acceptors (Lipinski definition) is 3. The van der Waals surface area contributed by atoms with E-state index in [0.29, 0.717) is 58.9 Å². The number of rotatable bonds is 6. The molecule has 3 N–H and O–H groups in total. The van der Waals surface area contributed by atoms with Gasteiger partial charge in [-0.05, 0) is 141 Å². The van der Waals surface area contributed by atoms with Gasteiger partial charge >= 0.3 is 5.97 Å². The number of nitrogens with one attached hydrogen (secondary N) is 1. The molecule has 5 saturated carbocycles. The molecule has 10 atom stereocenters. The van der Waals surface area contributed by atoms with Gasteiger partial charge in [-0.15, -0.1) is 0 Å². The van der Waals surface area contributed by atoms with Crippen molar-refractivity contribution < 1.29 is 19.8 Å². The van der Waals surface area contributed by atoms with Gasteiger partial charge in [0.25, 0.3) is 0 Å². The van der Waals surface area contributed by atoms with Crippen LogP contribution >= 0.6 is 0 Å². The molecule has 10 unspecified atom stereocenters. The molecular weight excluding hydrogens is 498 g/mol. The number of carbonyl (C=O) groups excluding carboxylic acids is 1. The van der Waals surface area contributed by atoms with E-state index in [1.165, 1.54) is 51.4 Å². The first-order chi connectivity index (χ1) is 19.1. The maximum absolute atomic E-state index is 14.1. The third-order valence-corrected chi connectivity index (χ3v) is 13.6. The summed E-state index contributed by atoms with van der Waals surface area (Å²) >= 11 is 0.